The van der Waals surface area contributed by atoms with Crippen LogP contribution in [-0.2, 0) is 6.42 Å². The fourth-order valence-corrected chi connectivity index (χ4v) is 3.50. The topological polar surface area (TPSA) is 46.9 Å². The molecule has 9 heteroatoms. The van der Waals surface area contributed by atoms with Gasteiger partial charge in [0, 0.05) is 29.8 Å². The molecule has 0 aromatic carbocycles. The van der Waals surface area contributed by atoms with Gasteiger partial charge in [0.05, 0.1) is 8.66 Å². The summed E-state index contributed by atoms with van der Waals surface area (Å²) in [7, 11) is 0. The van der Waals surface area contributed by atoms with E-state index < -0.39 is 6.55 Å². The summed E-state index contributed by atoms with van der Waals surface area (Å²) in [6, 6.07) is 1.70. The standard InChI is InChI=1S/C11H9Br2F2N3OS/c12-6-5-7(20-9(6)13)10(19)17-2-1-8-16-3-4-18(8)11(14)15/h3-5,11H,1-2H2,(H,17,19). The van der Waals surface area contributed by atoms with E-state index in [1.807, 2.05) is 0 Å². The first-order chi connectivity index (χ1) is 9.49. The van der Waals surface area contributed by atoms with Gasteiger partial charge in [0.2, 0.25) is 0 Å². The van der Waals surface area contributed by atoms with Crippen LogP contribution < -0.4 is 5.32 Å². The van der Waals surface area contributed by atoms with Gasteiger partial charge in [-0.3, -0.25) is 9.36 Å². The van der Waals surface area contributed by atoms with Crippen molar-refractivity contribution in [1.29, 1.82) is 0 Å². The highest BCUT2D eigenvalue weighted by atomic mass is 79.9. The highest BCUT2D eigenvalue weighted by Gasteiger charge is 2.13. The molecular formula is C11H9Br2F2N3OS. The summed E-state index contributed by atoms with van der Waals surface area (Å²) in [5, 5.41) is 2.68. The summed E-state index contributed by atoms with van der Waals surface area (Å²) in [6.45, 7) is -2.37. The van der Waals surface area contributed by atoms with Gasteiger partial charge in [0.15, 0.2) is 0 Å². The van der Waals surface area contributed by atoms with Gasteiger partial charge < -0.3 is 5.32 Å². The smallest absolute Gasteiger partial charge is 0.319 e. The third-order valence-corrected chi connectivity index (χ3v) is 5.72. The van der Waals surface area contributed by atoms with Crippen molar-refractivity contribution >= 4 is 49.1 Å². The van der Waals surface area contributed by atoms with Gasteiger partial charge in [-0.2, -0.15) is 8.78 Å². The van der Waals surface area contributed by atoms with E-state index in [0.29, 0.717) is 4.88 Å². The summed E-state index contributed by atoms with van der Waals surface area (Å²) in [5.74, 6) is 0.00499. The summed E-state index contributed by atoms with van der Waals surface area (Å²) >= 11 is 7.90. The Morgan fingerprint density at radius 2 is 2.25 bits per heavy atom. The molecule has 0 bridgehead atoms. The van der Waals surface area contributed by atoms with Crippen molar-refractivity contribution in [3.8, 4) is 0 Å². The molecule has 0 saturated carbocycles. The van der Waals surface area contributed by atoms with Crippen molar-refractivity contribution in [3.63, 3.8) is 0 Å². The van der Waals surface area contributed by atoms with Crippen LogP contribution in [0.25, 0.3) is 0 Å². The first-order valence-electron chi connectivity index (χ1n) is 5.52. The number of halogens is 4. The molecule has 0 atom stereocenters. The number of nitrogens with one attached hydrogen (secondary N) is 1. The number of imidazole rings is 1. The van der Waals surface area contributed by atoms with Crippen LogP contribution in [0.2, 0.25) is 0 Å². The lowest BCUT2D eigenvalue weighted by molar-refractivity contribution is 0.0670. The SMILES string of the molecule is O=C(NCCc1nccn1C(F)F)c1cc(Br)c(Br)s1. The zero-order chi connectivity index (χ0) is 14.7. The number of amides is 1. The molecule has 1 N–H and O–H groups in total. The van der Waals surface area contributed by atoms with Crippen LogP contribution in [-0.4, -0.2) is 22.0 Å². The maximum atomic E-state index is 12.6. The number of rotatable bonds is 5. The second-order valence-electron chi connectivity index (χ2n) is 3.77. The predicted octanol–water partition coefficient (Wildman–Crippen LogP) is 3.84. The predicted molar refractivity (Wildman–Crippen MR) is 79.2 cm³/mol. The Hall–Kier alpha value is -0.800. The molecule has 0 aliphatic rings. The third-order valence-electron chi connectivity index (χ3n) is 2.46. The Morgan fingerprint density at radius 3 is 2.85 bits per heavy atom. The van der Waals surface area contributed by atoms with Crippen LogP contribution in [0.1, 0.15) is 22.0 Å². The second-order valence-corrected chi connectivity index (χ2v) is 6.99. The Kier molecular flexibility index (Phi) is 5.28. The maximum Gasteiger partial charge on any atom is 0.319 e. The highest BCUT2D eigenvalue weighted by Crippen LogP contribution is 2.32. The van der Waals surface area contributed by atoms with Crippen molar-refractivity contribution in [3.05, 3.63) is 37.4 Å². The quantitative estimate of drug-likeness (QED) is 0.786. The van der Waals surface area contributed by atoms with E-state index in [1.165, 1.54) is 23.7 Å². The number of alkyl halides is 2. The Morgan fingerprint density at radius 1 is 1.50 bits per heavy atom. The van der Waals surface area contributed by atoms with E-state index in [4.69, 9.17) is 0 Å². The molecule has 0 unspecified atom stereocenters. The lowest BCUT2D eigenvalue weighted by Crippen LogP contribution is -2.25. The van der Waals surface area contributed by atoms with E-state index in [2.05, 4.69) is 42.2 Å². The molecule has 2 rings (SSSR count). The molecule has 0 saturated heterocycles. The second kappa shape index (κ2) is 6.77. The van der Waals surface area contributed by atoms with E-state index in [1.54, 1.807) is 6.07 Å². The van der Waals surface area contributed by atoms with Crippen LogP contribution in [0.15, 0.2) is 26.7 Å². The number of aromatic nitrogens is 2. The maximum absolute atomic E-state index is 12.6. The molecule has 0 spiro atoms. The summed E-state index contributed by atoms with van der Waals surface area (Å²) in [5.41, 5.74) is 0. The summed E-state index contributed by atoms with van der Waals surface area (Å²) in [6.07, 6.45) is 2.78. The molecule has 2 aromatic rings. The van der Waals surface area contributed by atoms with Gasteiger partial charge in [-0.15, -0.1) is 11.3 Å². The molecule has 0 aliphatic heterocycles. The van der Waals surface area contributed by atoms with Gasteiger partial charge >= 0.3 is 6.55 Å². The molecule has 0 aliphatic carbocycles. The molecule has 20 heavy (non-hydrogen) atoms. The molecule has 0 radical (unpaired) electrons. The Labute approximate surface area is 134 Å². The van der Waals surface area contributed by atoms with Gasteiger partial charge in [-0.25, -0.2) is 4.98 Å². The van der Waals surface area contributed by atoms with E-state index in [9.17, 15) is 13.6 Å². The van der Waals surface area contributed by atoms with Crippen molar-refractivity contribution in [2.75, 3.05) is 6.54 Å². The van der Waals surface area contributed by atoms with Gasteiger partial charge in [0.1, 0.15) is 5.82 Å². The first-order valence-corrected chi connectivity index (χ1v) is 7.92. The average molecular weight is 429 g/mol. The Balaban J connectivity index is 1.89. The molecule has 2 aromatic heterocycles. The molecular weight excluding hydrogens is 420 g/mol. The molecule has 2 heterocycles. The van der Waals surface area contributed by atoms with Crippen molar-refractivity contribution < 1.29 is 13.6 Å². The van der Waals surface area contributed by atoms with Gasteiger partial charge in [-0.05, 0) is 37.9 Å². The minimum Gasteiger partial charge on any atom is -0.351 e. The van der Waals surface area contributed by atoms with Crippen molar-refractivity contribution in [2.45, 2.75) is 13.0 Å². The third kappa shape index (κ3) is 3.64. The van der Waals surface area contributed by atoms with Crippen LogP contribution in [0.5, 0.6) is 0 Å². The van der Waals surface area contributed by atoms with Gasteiger partial charge in [-0.1, -0.05) is 0 Å². The highest BCUT2D eigenvalue weighted by molar-refractivity contribution is 9.13. The fourth-order valence-electron chi connectivity index (χ4n) is 1.55. The van der Waals surface area contributed by atoms with Crippen LogP contribution in [0.3, 0.4) is 0 Å². The lowest BCUT2D eigenvalue weighted by atomic mass is 10.3. The number of hydrogen-bond acceptors (Lipinski definition) is 3. The molecule has 0 fully saturated rings. The van der Waals surface area contributed by atoms with Crippen LogP contribution in [0.4, 0.5) is 8.78 Å². The average Bonchev–Trinajstić information content (AvgIpc) is 2.97. The summed E-state index contributed by atoms with van der Waals surface area (Å²) in [4.78, 5) is 16.2. The molecule has 108 valence electrons. The number of hydrogen-bond donors (Lipinski definition) is 1. The minimum atomic E-state index is -2.62. The number of nitrogens with zero attached hydrogens (tertiary/aromatic N) is 2. The number of thiophene rings is 1. The zero-order valence-electron chi connectivity index (χ0n) is 9.95. The molecule has 1 amide bonds. The molecule has 4 nitrogen and oxygen atoms in total. The van der Waals surface area contributed by atoms with Gasteiger partial charge in [0.25, 0.3) is 5.91 Å². The Bertz CT molecular complexity index is 595. The first kappa shape index (κ1) is 15.6. The van der Waals surface area contributed by atoms with Crippen LogP contribution in [0, 0.1) is 0 Å². The minimum absolute atomic E-state index is 0.239. The summed E-state index contributed by atoms with van der Waals surface area (Å²) < 4.78 is 27.6. The largest absolute Gasteiger partial charge is 0.351 e. The van der Waals surface area contributed by atoms with E-state index in [-0.39, 0.29) is 24.7 Å². The number of carbonyl (C=O) groups is 1. The fraction of sp³-hybridized carbons (Fsp3) is 0.273. The monoisotopic (exact) mass is 427 g/mol. The van der Waals surface area contributed by atoms with Crippen molar-refractivity contribution in [1.82, 2.24) is 14.9 Å². The number of carbonyl (C=O) groups excluding carboxylic acids is 1. The van der Waals surface area contributed by atoms with Crippen LogP contribution >= 0.6 is 43.2 Å². The zero-order valence-corrected chi connectivity index (χ0v) is 13.9. The normalized spacial score (nSPS) is 11.1. The van der Waals surface area contributed by atoms with E-state index >= 15 is 0 Å². The van der Waals surface area contributed by atoms with Crippen molar-refractivity contribution in [2.24, 2.45) is 0 Å². The van der Waals surface area contributed by atoms with E-state index in [0.717, 1.165) is 12.8 Å². The lowest BCUT2D eigenvalue weighted by Gasteiger charge is -2.06.